The largest absolute Gasteiger partial charge is 0.383 e. The highest BCUT2D eigenvalue weighted by Crippen LogP contribution is 2.40. The number of pyridine rings is 1. The molecule has 39 heavy (non-hydrogen) atoms. The first kappa shape index (κ1) is 27.0. The Balaban J connectivity index is 1.64. The van der Waals surface area contributed by atoms with Crippen molar-refractivity contribution in [3.05, 3.63) is 75.2 Å². The van der Waals surface area contributed by atoms with Crippen LogP contribution < -0.4 is 21.6 Å². The molecule has 2 aliphatic rings. The maximum absolute atomic E-state index is 9.83. The summed E-state index contributed by atoms with van der Waals surface area (Å²) in [6, 6.07) is 14.1. The van der Waals surface area contributed by atoms with Crippen LogP contribution in [-0.2, 0) is 5.44 Å². The van der Waals surface area contributed by atoms with Crippen LogP contribution >= 0.6 is 23.2 Å². The van der Waals surface area contributed by atoms with Crippen LogP contribution in [0.1, 0.15) is 50.3 Å². The van der Waals surface area contributed by atoms with Crippen molar-refractivity contribution < 1.29 is 0 Å². The van der Waals surface area contributed by atoms with Crippen molar-refractivity contribution in [2.45, 2.75) is 45.1 Å². The van der Waals surface area contributed by atoms with Gasteiger partial charge in [-0.2, -0.15) is 10.5 Å². The molecule has 0 spiro atoms. The SMILES string of the molecule is BC(Nc1cc(Cl)c2ncc(C#N)c(NCC(C)(C)C)c2c1)(C1=CN(C2CC2)NN1)c1cccc(C#N)c1Cl. The summed E-state index contributed by atoms with van der Waals surface area (Å²) in [5.41, 5.74) is 10.0. The number of nitrogens with zero attached hydrogens (tertiary/aromatic N) is 4. The van der Waals surface area contributed by atoms with Crippen LogP contribution in [0.3, 0.4) is 0 Å². The van der Waals surface area contributed by atoms with Gasteiger partial charge in [0.1, 0.15) is 20.0 Å². The van der Waals surface area contributed by atoms with Crippen molar-refractivity contribution in [2.24, 2.45) is 5.41 Å². The third-order valence-corrected chi connectivity index (χ3v) is 7.66. The molecular weight excluding hydrogens is 530 g/mol. The van der Waals surface area contributed by atoms with Gasteiger partial charge in [-0.25, -0.2) is 0 Å². The monoisotopic (exact) mass is 558 g/mol. The Hall–Kier alpha value is -3.63. The van der Waals surface area contributed by atoms with E-state index in [2.05, 4.69) is 64.5 Å². The molecule has 8 nitrogen and oxygen atoms in total. The lowest BCUT2D eigenvalue weighted by molar-refractivity contribution is 0.260. The van der Waals surface area contributed by atoms with E-state index in [4.69, 9.17) is 23.2 Å². The minimum absolute atomic E-state index is 0.00982. The van der Waals surface area contributed by atoms with E-state index in [1.54, 1.807) is 12.3 Å². The number of hydrogen-bond acceptors (Lipinski definition) is 8. The van der Waals surface area contributed by atoms with Crippen LogP contribution in [-0.4, -0.2) is 30.4 Å². The van der Waals surface area contributed by atoms with E-state index in [-0.39, 0.29) is 5.41 Å². The quantitative estimate of drug-likeness (QED) is 0.301. The highest BCUT2D eigenvalue weighted by atomic mass is 35.5. The minimum Gasteiger partial charge on any atom is -0.383 e. The molecule has 1 unspecified atom stereocenters. The van der Waals surface area contributed by atoms with Gasteiger partial charge in [-0.15, -0.1) is 5.53 Å². The molecule has 1 fully saturated rings. The summed E-state index contributed by atoms with van der Waals surface area (Å²) < 4.78 is 0. The lowest BCUT2D eigenvalue weighted by Crippen LogP contribution is -2.45. The van der Waals surface area contributed by atoms with Crippen LogP contribution in [0, 0.1) is 28.1 Å². The van der Waals surface area contributed by atoms with Gasteiger partial charge in [0, 0.05) is 36.1 Å². The van der Waals surface area contributed by atoms with Crippen LogP contribution in [0.4, 0.5) is 11.4 Å². The predicted octanol–water partition coefficient (Wildman–Crippen LogP) is 4.97. The van der Waals surface area contributed by atoms with Gasteiger partial charge < -0.3 is 16.1 Å². The van der Waals surface area contributed by atoms with Crippen LogP contribution in [0.5, 0.6) is 0 Å². The second-order valence-electron chi connectivity index (χ2n) is 11.4. The first-order valence-corrected chi connectivity index (χ1v) is 13.6. The number of hydrazine groups is 2. The van der Waals surface area contributed by atoms with E-state index in [0.717, 1.165) is 29.5 Å². The first-order chi connectivity index (χ1) is 18.5. The summed E-state index contributed by atoms with van der Waals surface area (Å²) in [7, 11) is 2.01. The number of nitrogens with one attached hydrogen (secondary N) is 4. The standard InChI is InChI=1S/C28H29BCl2N8/c1-27(2,3)15-35-25-17(12-33)13-34-26-20(25)9-18(10-22(26)30)36-28(29,21-6-4-5-16(11-32)24(21)31)23-14-39(38-37-23)19-7-8-19/h4-6,9-10,13-14,19,36-38H,7-8,15,29H2,1-3H3,(H,34,35). The van der Waals surface area contributed by atoms with Gasteiger partial charge in [0.15, 0.2) is 0 Å². The zero-order valence-corrected chi connectivity index (χ0v) is 23.8. The van der Waals surface area contributed by atoms with E-state index in [1.807, 2.05) is 38.3 Å². The number of fused-ring (bicyclic) bond motifs is 1. The second kappa shape index (κ2) is 10.2. The topological polar surface area (TPSA) is 112 Å². The Morgan fingerprint density at radius 2 is 1.90 bits per heavy atom. The molecule has 3 aromatic rings. The normalized spacial score (nSPS) is 16.6. The van der Waals surface area contributed by atoms with Crippen molar-refractivity contribution in [3.8, 4) is 12.1 Å². The fraction of sp³-hybridized carbons (Fsp3) is 0.321. The van der Waals surface area contributed by atoms with Gasteiger partial charge >= 0.3 is 0 Å². The Kier molecular flexibility index (Phi) is 7.03. The van der Waals surface area contributed by atoms with E-state index >= 15 is 0 Å². The Morgan fingerprint density at radius 1 is 1.15 bits per heavy atom. The van der Waals surface area contributed by atoms with Gasteiger partial charge in [-0.1, -0.05) is 56.1 Å². The van der Waals surface area contributed by atoms with Crippen LogP contribution in [0.15, 0.2) is 48.4 Å². The number of benzene rings is 2. The highest BCUT2D eigenvalue weighted by molar-refractivity contribution is 6.36. The van der Waals surface area contributed by atoms with Crippen molar-refractivity contribution in [1.82, 2.24) is 21.0 Å². The minimum atomic E-state index is -0.878. The third-order valence-electron chi connectivity index (χ3n) is 6.96. The maximum Gasteiger partial charge on any atom is 0.148 e. The highest BCUT2D eigenvalue weighted by Gasteiger charge is 2.39. The smallest absolute Gasteiger partial charge is 0.148 e. The molecule has 0 bridgehead atoms. The maximum atomic E-state index is 9.83. The molecule has 1 aromatic heterocycles. The molecule has 0 radical (unpaired) electrons. The van der Waals surface area contributed by atoms with Crippen molar-refractivity contribution in [3.63, 3.8) is 0 Å². The predicted molar refractivity (Wildman–Crippen MR) is 159 cm³/mol. The fourth-order valence-electron chi connectivity index (χ4n) is 4.67. The summed E-state index contributed by atoms with van der Waals surface area (Å²) in [5, 5.41) is 30.2. The average Bonchev–Trinajstić information content (AvgIpc) is 3.62. The molecule has 5 rings (SSSR count). The molecule has 0 saturated heterocycles. The van der Waals surface area contributed by atoms with Gasteiger partial charge in [-0.05, 0) is 42.0 Å². The molecule has 11 heteroatoms. The zero-order valence-electron chi connectivity index (χ0n) is 22.3. The number of nitriles is 2. The fourth-order valence-corrected chi connectivity index (χ4v) is 5.29. The van der Waals surface area contributed by atoms with Crippen LogP contribution in [0.2, 0.25) is 10.0 Å². The molecule has 198 valence electrons. The van der Waals surface area contributed by atoms with Gasteiger partial charge in [0.25, 0.3) is 0 Å². The molecule has 1 aliphatic heterocycles. The second-order valence-corrected chi connectivity index (χ2v) is 12.2. The van der Waals surface area contributed by atoms with Crippen molar-refractivity contribution in [2.75, 3.05) is 17.2 Å². The number of hydrogen-bond donors (Lipinski definition) is 4. The zero-order chi connectivity index (χ0) is 27.9. The van der Waals surface area contributed by atoms with E-state index in [1.165, 1.54) is 0 Å². The van der Waals surface area contributed by atoms with Crippen molar-refractivity contribution in [1.29, 1.82) is 10.5 Å². The third kappa shape index (κ3) is 5.31. The summed E-state index contributed by atoms with van der Waals surface area (Å²) in [6.45, 7) is 7.04. The lowest BCUT2D eigenvalue weighted by Gasteiger charge is -2.35. The Bertz CT molecular complexity index is 1560. The lowest BCUT2D eigenvalue weighted by atomic mass is 9.69. The number of aromatic nitrogens is 1. The molecule has 0 amide bonds. The van der Waals surface area contributed by atoms with E-state index < -0.39 is 5.44 Å². The Morgan fingerprint density at radius 3 is 2.56 bits per heavy atom. The van der Waals surface area contributed by atoms with Crippen LogP contribution in [0.25, 0.3) is 10.9 Å². The average molecular weight is 559 g/mol. The number of halogens is 2. The number of rotatable bonds is 7. The Labute approximate surface area is 239 Å². The van der Waals surface area contributed by atoms with Gasteiger partial charge in [0.2, 0.25) is 0 Å². The molecule has 1 aliphatic carbocycles. The molecule has 2 heterocycles. The molecule has 1 atom stereocenters. The molecule has 4 N–H and O–H groups in total. The summed E-state index contributed by atoms with van der Waals surface area (Å²) in [5.74, 6) is 0. The first-order valence-electron chi connectivity index (χ1n) is 12.8. The summed E-state index contributed by atoms with van der Waals surface area (Å²) in [4.78, 5) is 4.48. The van der Waals surface area contributed by atoms with Gasteiger partial charge in [-0.3, -0.25) is 9.99 Å². The number of anilines is 2. The van der Waals surface area contributed by atoms with E-state index in [0.29, 0.717) is 50.7 Å². The van der Waals surface area contributed by atoms with Gasteiger partial charge in [0.05, 0.1) is 43.5 Å². The molecule has 1 saturated carbocycles. The van der Waals surface area contributed by atoms with E-state index in [9.17, 15) is 10.5 Å². The van der Waals surface area contributed by atoms with Crippen molar-refractivity contribution >= 4 is 53.3 Å². The molecule has 2 aromatic carbocycles. The molecular formula is C28H29BCl2N8. The summed E-state index contributed by atoms with van der Waals surface area (Å²) >= 11 is 13.6. The summed E-state index contributed by atoms with van der Waals surface area (Å²) in [6.07, 6.45) is 5.82.